The number of carbonyl (C=O) groups excluding carboxylic acids is 1. The first-order chi connectivity index (χ1) is 14.0. The average molecular weight is 435 g/mol. The van der Waals surface area contributed by atoms with Crippen molar-refractivity contribution in [2.75, 3.05) is 18.1 Å². The lowest BCUT2D eigenvalue weighted by Gasteiger charge is -2.16. The van der Waals surface area contributed by atoms with E-state index in [4.69, 9.17) is 9.15 Å². The van der Waals surface area contributed by atoms with Crippen molar-refractivity contribution in [3.05, 3.63) is 51.4 Å². The van der Waals surface area contributed by atoms with Gasteiger partial charge in [0.15, 0.2) is 9.84 Å². The molecule has 0 unspecified atom stereocenters. The fraction of sp³-hybridized carbons (Fsp3) is 0.429. The Balaban J connectivity index is 1.93. The van der Waals surface area contributed by atoms with Gasteiger partial charge in [0, 0.05) is 0 Å². The van der Waals surface area contributed by atoms with Crippen LogP contribution in [0.1, 0.15) is 23.6 Å². The quantitative estimate of drug-likeness (QED) is 0.516. The summed E-state index contributed by atoms with van der Waals surface area (Å²) in [6, 6.07) is 2.65. The molecule has 1 aliphatic rings. The Morgan fingerprint density at radius 1 is 1.33 bits per heavy atom. The van der Waals surface area contributed by atoms with Crippen molar-refractivity contribution in [1.82, 2.24) is 5.32 Å². The number of nitrogens with one attached hydrogen (secondary N) is 1. The summed E-state index contributed by atoms with van der Waals surface area (Å²) >= 11 is 0. The number of benzene rings is 1. The smallest absolute Gasteiger partial charge is 0.340 e. The zero-order valence-electron chi connectivity index (χ0n) is 17.1. The highest BCUT2D eigenvalue weighted by Gasteiger charge is 2.37. The largest absolute Gasteiger partial charge is 0.488 e. The maximum atomic E-state index is 12.5. The van der Waals surface area contributed by atoms with Crippen molar-refractivity contribution in [2.45, 2.75) is 39.3 Å². The first kappa shape index (κ1) is 22.0. The summed E-state index contributed by atoms with van der Waals surface area (Å²) in [5, 5.41) is 13.0. The molecule has 1 amide bonds. The van der Waals surface area contributed by atoms with Crippen LogP contribution < -0.4 is 15.7 Å². The van der Waals surface area contributed by atoms with E-state index >= 15 is 0 Å². The van der Waals surface area contributed by atoms with E-state index in [0.717, 1.165) is 11.1 Å². The Labute approximate surface area is 174 Å². The van der Waals surface area contributed by atoms with Crippen LogP contribution in [0.4, 0.5) is 0 Å². The second-order valence-electron chi connectivity index (χ2n) is 7.87. The van der Waals surface area contributed by atoms with Crippen LogP contribution in [0.2, 0.25) is 0 Å². The van der Waals surface area contributed by atoms with Crippen molar-refractivity contribution in [3.63, 3.8) is 0 Å². The zero-order chi connectivity index (χ0) is 22.2. The van der Waals surface area contributed by atoms with Gasteiger partial charge in [0.1, 0.15) is 17.9 Å². The van der Waals surface area contributed by atoms with Gasteiger partial charge in [-0.3, -0.25) is 4.79 Å². The minimum Gasteiger partial charge on any atom is -0.488 e. The van der Waals surface area contributed by atoms with Gasteiger partial charge in [0.05, 0.1) is 41.0 Å². The molecular weight excluding hydrogens is 410 g/mol. The highest BCUT2D eigenvalue weighted by molar-refractivity contribution is 7.91. The highest BCUT2D eigenvalue weighted by atomic mass is 32.2. The molecule has 0 spiro atoms. The molecule has 3 rings (SSSR count). The summed E-state index contributed by atoms with van der Waals surface area (Å²) in [4.78, 5) is 25.0. The summed E-state index contributed by atoms with van der Waals surface area (Å²) in [5.74, 6) is -0.767. The predicted molar refractivity (Wildman–Crippen MR) is 113 cm³/mol. The molecule has 0 aliphatic carbocycles. The average Bonchev–Trinajstić information content (AvgIpc) is 2.87. The van der Waals surface area contributed by atoms with Crippen LogP contribution >= 0.6 is 0 Å². The highest BCUT2D eigenvalue weighted by Crippen LogP contribution is 2.31. The van der Waals surface area contributed by atoms with E-state index in [1.165, 1.54) is 0 Å². The minimum atomic E-state index is -3.40. The first-order valence-electron chi connectivity index (χ1n) is 9.49. The van der Waals surface area contributed by atoms with E-state index in [2.05, 4.69) is 11.9 Å². The number of aryl methyl sites for hydroxylation is 2. The van der Waals surface area contributed by atoms with Crippen LogP contribution in [-0.2, 0) is 21.1 Å². The van der Waals surface area contributed by atoms with Crippen molar-refractivity contribution >= 4 is 26.7 Å². The minimum absolute atomic E-state index is 0.152. The molecular formula is C21H25NO7S. The van der Waals surface area contributed by atoms with Gasteiger partial charge >= 0.3 is 5.63 Å². The number of hydrogen-bond acceptors (Lipinski definition) is 7. The Hall–Kier alpha value is -2.65. The van der Waals surface area contributed by atoms with Crippen LogP contribution in [0.3, 0.4) is 0 Å². The van der Waals surface area contributed by atoms with E-state index in [9.17, 15) is 23.1 Å². The van der Waals surface area contributed by atoms with Crippen molar-refractivity contribution < 1.29 is 27.5 Å². The normalized spacial score (nSPS) is 20.3. The van der Waals surface area contributed by atoms with Crippen LogP contribution in [-0.4, -0.2) is 49.7 Å². The molecule has 30 heavy (non-hydrogen) atoms. The van der Waals surface area contributed by atoms with Gasteiger partial charge in [0.2, 0.25) is 5.91 Å². The molecule has 2 N–H and O–H groups in total. The second kappa shape index (κ2) is 8.23. The number of aliphatic hydroxyl groups excluding tert-OH is 1. The summed E-state index contributed by atoms with van der Waals surface area (Å²) < 4.78 is 34.5. The molecule has 1 aromatic carbocycles. The van der Waals surface area contributed by atoms with Crippen molar-refractivity contribution in [3.8, 4) is 5.75 Å². The topological polar surface area (TPSA) is 123 Å². The molecule has 1 aliphatic heterocycles. The Bertz CT molecular complexity index is 1180. The maximum absolute atomic E-state index is 12.5. The zero-order valence-corrected chi connectivity index (χ0v) is 18.0. The van der Waals surface area contributed by atoms with Gasteiger partial charge in [-0.05, 0) is 49.6 Å². The maximum Gasteiger partial charge on any atom is 0.340 e. The fourth-order valence-corrected chi connectivity index (χ4v) is 5.28. The van der Waals surface area contributed by atoms with Crippen molar-refractivity contribution in [1.29, 1.82) is 0 Å². The number of carbonyl (C=O) groups is 1. The predicted octanol–water partition coefficient (Wildman–Crippen LogP) is 1.18. The molecule has 162 valence electrons. The third-order valence-electron chi connectivity index (χ3n) is 4.97. The fourth-order valence-electron chi connectivity index (χ4n) is 3.54. The summed E-state index contributed by atoms with van der Waals surface area (Å²) in [5.41, 5.74) is 2.09. The van der Waals surface area contributed by atoms with Gasteiger partial charge in [-0.15, -0.1) is 0 Å². The lowest BCUT2D eigenvalue weighted by molar-refractivity contribution is -0.121. The standard InChI is InChI=1S/C21H25NO7S/c1-11(2)8-28-17-5-12(3)6-18-20(17)13(4)14(21(25)29-18)7-19(24)22-15-9-30(26,27)10-16(15)23/h5-6,15-16,23H,1,7-10H2,2-4H3,(H,22,24)/t15-,16-/m0/s1. The van der Waals surface area contributed by atoms with Gasteiger partial charge < -0.3 is 19.6 Å². The molecule has 0 saturated carbocycles. The number of rotatable bonds is 6. The van der Waals surface area contributed by atoms with Gasteiger partial charge in [-0.1, -0.05) is 6.58 Å². The number of fused-ring (bicyclic) bond motifs is 1. The second-order valence-corrected chi connectivity index (χ2v) is 10.0. The molecule has 2 aromatic rings. The number of amides is 1. The Kier molecular flexibility index (Phi) is 6.05. The summed E-state index contributed by atoms with van der Waals surface area (Å²) in [7, 11) is -3.40. The number of aliphatic hydroxyl groups is 1. The third-order valence-corrected chi connectivity index (χ3v) is 6.68. The molecule has 1 aromatic heterocycles. The summed E-state index contributed by atoms with van der Waals surface area (Å²) in [6.45, 7) is 9.50. The van der Waals surface area contributed by atoms with E-state index in [0.29, 0.717) is 28.9 Å². The lowest BCUT2D eigenvalue weighted by Crippen LogP contribution is -2.43. The van der Waals surface area contributed by atoms with E-state index in [-0.39, 0.29) is 17.7 Å². The Morgan fingerprint density at radius 3 is 2.63 bits per heavy atom. The SMILES string of the molecule is C=C(C)COc1cc(C)cc2oc(=O)c(CC(=O)N[C@H]3CS(=O)(=O)C[C@@H]3O)c(C)c12. The van der Waals surface area contributed by atoms with E-state index < -0.39 is 39.3 Å². The molecule has 0 radical (unpaired) electrons. The molecule has 8 nitrogen and oxygen atoms in total. The number of sulfone groups is 1. The monoisotopic (exact) mass is 435 g/mol. The van der Waals surface area contributed by atoms with Gasteiger partial charge in [-0.25, -0.2) is 13.2 Å². The van der Waals surface area contributed by atoms with Crippen LogP contribution in [0.5, 0.6) is 5.75 Å². The molecule has 9 heteroatoms. The van der Waals surface area contributed by atoms with E-state index in [1.807, 2.05) is 19.9 Å². The molecule has 2 atom stereocenters. The van der Waals surface area contributed by atoms with Crippen molar-refractivity contribution in [2.24, 2.45) is 0 Å². The molecule has 1 fully saturated rings. The van der Waals surface area contributed by atoms with Crippen LogP contribution in [0.15, 0.2) is 33.5 Å². The lowest BCUT2D eigenvalue weighted by atomic mass is 10.0. The van der Waals surface area contributed by atoms with Gasteiger partial charge in [-0.2, -0.15) is 0 Å². The van der Waals surface area contributed by atoms with Crippen LogP contribution in [0.25, 0.3) is 11.0 Å². The molecule has 1 saturated heterocycles. The Morgan fingerprint density at radius 2 is 2.03 bits per heavy atom. The summed E-state index contributed by atoms with van der Waals surface area (Å²) in [6.07, 6.45) is -1.47. The molecule has 2 heterocycles. The van der Waals surface area contributed by atoms with Crippen LogP contribution in [0, 0.1) is 13.8 Å². The number of hydrogen-bond donors (Lipinski definition) is 2. The first-order valence-corrected chi connectivity index (χ1v) is 11.3. The van der Waals surface area contributed by atoms with E-state index in [1.54, 1.807) is 13.0 Å². The third kappa shape index (κ3) is 4.73. The number of ether oxygens (including phenoxy) is 1. The molecule has 0 bridgehead atoms. The van der Waals surface area contributed by atoms with Gasteiger partial charge in [0.25, 0.3) is 0 Å².